The predicted molar refractivity (Wildman–Crippen MR) is 44.6 cm³/mol. The van der Waals surface area contributed by atoms with Gasteiger partial charge in [0.1, 0.15) is 6.26 Å². The highest BCUT2D eigenvalue weighted by atomic mass is 16.3. The fraction of sp³-hybridized carbons (Fsp3) is 0.222. The molecule has 0 spiro atoms. The van der Waals surface area contributed by atoms with Crippen LogP contribution in [0.25, 0.3) is 0 Å². The molecule has 0 radical (unpaired) electrons. The van der Waals surface area contributed by atoms with Gasteiger partial charge in [-0.3, -0.25) is 0 Å². The summed E-state index contributed by atoms with van der Waals surface area (Å²) in [4.78, 5) is 4.04. The van der Waals surface area contributed by atoms with E-state index in [4.69, 9.17) is 4.42 Å². The number of oxazole rings is 1. The SMILES string of the molecule is c1ccn(CCc2ncco2)c1. The maximum atomic E-state index is 5.11. The van der Waals surface area contributed by atoms with Gasteiger partial charge in [0.25, 0.3) is 0 Å². The first-order valence-electron chi connectivity index (χ1n) is 3.94. The van der Waals surface area contributed by atoms with Gasteiger partial charge in [0, 0.05) is 25.4 Å². The molecule has 0 fully saturated rings. The second kappa shape index (κ2) is 3.26. The second-order valence-corrected chi connectivity index (χ2v) is 2.60. The summed E-state index contributed by atoms with van der Waals surface area (Å²) < 4.78 is 7.21. The number of aromatic nitrogens is 2. The fourth-order valence-electron chi connectivity index (χ4n) is 1.12. The van der Waals surface area contributed by atoms with Crippen LogP contribution in [0, 0.1) is 0 Å². The van der Waals surface area contributed by atoms with Crippen LogP contribution < -0.4 is 0 Å². The first-order chi connectivity index (χ1) is 5.95. The van der Waals surface area contributed by atoms with Gasteiger partial charge in [0.05, 0.1) is 6.20 Å². The van der Waals surface area contributed by atoms with E-state index in [1.807, 2.05) is 24.5 Å². The molecule has 2 aromatic heterocycles. The molecule has 0 amide bonds. The molecule has 3 nitrogen and oxygen atoms in total. The van der Waals surface area contributed by atoms with Gasteiger partial charge in [-0.05, 0) is 12.1 Å². The molecule has 12 heavy (non-hydrogen) atoms. The van der Waals surface area contributed by atoms with Crippen molar-refractivity contribution in [3.05, 3.63) is 42.9 Å². The number of aryl methyl sites for hydroxylation is 2. The lowest BCUT2D eigenvalue weighted by molar-refractivity contribution is 0.477. The predicted octanol–water partition coefficient (Wildman–Crippen LogP) is 1.72. The molecule has 0 bridgehead atoms. The number of hydrogen-bond donors (Lipinski definition) is 0. The van der Waals surface area contributed by atoms with Crippen molar-refractivity contribution in [2.75, 3.05) is 0 Å². The van der Waals surface area contributed by atoms with Gasteiger partial charge >= 0.3 is 0 Å². The van der Waals surface area contributed by atoms with Crippen molar-refractivity contribution < 1.29 is 4.42 Å². The third-order valence-corrected chi connectivity index (χ3v) is 1.73. The fourth-order valence-corrected chi connectivity index (χ4v) is 1.12. The molecule has 0 aliphatic carbocycles. The van der Waals surface area contributed by atoms with Crippen LogP contribution in [0.15, 0.2) is 41.4 Å². The maximum Gasteiger partial charge on any atom is 0.195 e. The van der Waals surface area contributed by atoms with E-state index in [-0.39, 0.29) is 0 Å². The maximum absolute atomic E-state index is 5.11. The van der Waals surface area contributed by atoms with Crippen LogP contribution in [0.1, 0.15) is 5.89 Å². The highest BCUT2D eigenvalue weighted by Crippen LogP contribution is 1.98. The Bertz CT molecular complexity index is 276. The van der Waals surface area contributed by atoms with Crippen molar-refractivity contribution in [1.82, 2.24) is 9.55 Å². The van der Waals surface area contributed by atoms with Gasteiger partial charge in [-0.2, -0.15) is 0 Å². The Balaban J connectivity index is 1.91. The molecule has 2 aromatic rings. The Morgan fingerprint density at radius 2 is 2.17 bits per heavy atom. The van der Waals surface area contributed by atoms with E-state index in [9.17, 15) is 0 Å². The van der Waals surface area contributed by atoms with Gasteiger partial charge in [-0.15, -0.1) is 0 Å². The number of hydrogen-bond acceptors (Lipinski definition) is 2. The summed E-state index contributed by atoms with van der Waals surface area (Å²) >= 11 is 0. The molecule has 0 N–H and O–H groups in total. The average Bonchev–Trinajstić information content (AvgIpc) is 2.74. The summed E-state index contributed by atoms with van der Waals surface area (Å²) in [6.45, 7) is 0.924. The largest absolute Gasteiger partial charge is 0.449 e. The lowest BCUT2D eigenvalue weighted by Crippen LogP contribution is -1.97. The molecule has 0 unspecified atom stereocenters. The number of rotatable bonds is 3. The molecule has 0 aliphatic heterocycles. The quantitative estimate of drug-likeness (QED) is 0.688. The van der Waals surface area contributed by atoms with E-state index in [1.54, 1.807) is 12.5 Å². The standard InChI is InChI=1S/C9H10N2O/c1-2-6-11(5-1)7-3-9-10-4-8-12-9/h1-2,4-6,8H,3,7H2. The molecule has 0 atom stereocenters. The van der Waals surface area contributed by atoms with E-state index < -0.39 is 0 Å². The lowest BCUT2D eigenvalue weighted by Gasteiger charge is -1.97. The van der Waals surface area contributed by atoms with Gasteiger partial charge < -0.3 is 8.98 Å². The Kier molecular flexibility index (Phi) is 1.94. The van der Waals surface area contributed by atoms with Crippen molar-refractivity contribution in [1.29, 1.82) is 0 Å². The van der Waals surface area contributed by atoms with Crippen molar-refractivity contribution in [2.24, 2.45) is 0 Å². The Morgan fingerprint density at radius 1 is 1.33 bits per heavy atom. The van der Waals surface area contributed by atoms with Crippen molar-refractivity contribution in [2.45, 2.75) is 13.0 Å². The van der Waals surface area contributed by atoms with E-state index in [1.165, 1.54) is 0 Å². The first kappa shape index (κ1) is 7.16. The number of nitrogens with zero attached hydrogens (tertiary/aromatic N) is 2. The minimum atomic E-state index is 0.795. The molecular weight excluding hydrogens is 152 g/mol. The minimum Gasteiger partial charge on any atom is -0.449 e. The van der Waals surface area contributed by atoms with E-state index >= 15 is 0 Å². The van der Waals surface area contributed by atoms with E-state index in [0.29, 0.717) is 0 Å². The average molecular weight is 162 g/mol. The summed E-state index contributed by atoms with van der Waals surface area (Å²) in [5, 5.41) is 0. The van der Waals surface area contributed by atoms with Crippen molar-refractivity contribution >= 4 is 0 Å². The van der Waals surface area contributed by atoms with Crippen molar-refractivity contribution in [3.63, 3.8) is 0 Å². The van der Waals surface area contributed by atoms with Gasteiger partial charge in [0.15, 0.2) is 5.89 Å². The normalized spacial score (nSPS) is 10.3. The smallest absolute Gasteiger partial charge is 0.195 e. The summed E-state index contributed by atoms with van der Waals surface area (Å²) in [5.74, 6) is 0.795. The molecular formula is C9H10N2O. The minimum absolute atomic E-state index is 0.795. The van der Waals surface area contributed by atoms with Crippen LogP contribution in [-0.2, 0) is 13.0 Å². The van der Waals surface area contributed by atoms with Gasteiger partial charge in [-0.1, -0.05) is 0 Å². The van der Waals surface area contributed by atoms with Crippen LogP contribution in [-0.4, -0.2) is 9.55 Å². The highest BCUT2D eigenvalue weighted by Gasteiger charge is 1.96. The van der Waals surface area contributed by atoms with Crippen LogP contribution >= 0.6 is 0 Å². The summed E-state index contributed by atoms with van der Waals surface area (Å²) in [6, 6.07) is 4.02. The van der Waals surface area contributed by atoms with Crippen LogP contribution in [0.3, 0.4) is 0 Å². The third-order valence-electron chi connectivity index (χ3n) is 1.73. The van der Waals surface area contributed by atoms with E-state index in [2.05, 4.69) is 9.55 Å². The first-order valence-corrected chi connectivity index (χ1v) is 3.94. The molecule has 2 heterocycles. The van der Waals surface area contributed by atoms with Crippen molar-refractivity contribution in [3.8, 4) is 0 Å². The second-order valence-electron chi connectivity index (χ2n) is 2.60. The zero-order valence-corrected chi connectivity index (χ0v) is 6.68. The molecule has 0 aliphatic rings. The monoisotopic (exact) mass is 162 g/mol. The molecule has 62 valence electrons. The lowest BCUT2D eigenvalue weighted by atomic mass is 10.4. The molecule has 0 aromatic carbocycles. The molecule has 0 saturated heterocycles. The van der Waals surface area contributed by atoms with E-state index in [0.717, 1.165) is 18.9 Å². The summed E-state index contributed by atoms with van der Waals surface area (Å²) in [7, 11) is 0. The zero-order valence-electron chi connectivity index (χ0n) is 6.68. The summed E-state index contributed by atoms with van der Waals surface area (Å²) in [6.07, 6.45) is 8.18. The zero-order chi connectivity index (χ0) is 8.23. The summed E-state index contributed by atoms with van der Waals surface area (Å²) in [5.41, 5.74) is 0. The van der Waals surface area contributed by atoms with Crippen LogP contribution in [0.2, 0.25) is 0 Å². The third kappa shape index (κ3) is 1.56. The molecule has 0 saturated carbocycles. The topological polar surface area (TPSA) is 31.0 Å². The van der Waals surface area contributed by atoms with Crippen LogP contribution in [0.4, 0.5) is 0 Å². The Hall–Kier alpha value is -1.51. The van der Waals surface area contributed by atoms with Crippen LogP contribution in [0.5, 0.6) is 0 Å². The van der Waals surface area contributed by atoms with Gasteiger partial charge in [0.2, 0.25) is 0 Å². The molecule has 2 rings (SSSR count). The Morgan fingerprint density at radius 3 is 2.83 bits per heavy atom. The van der Waals surface area contributed by atoms with Gasteiger partial charge in [-0.25, -0.2) is 4.98 Å². The highest BCUT2D eigenvalue weighted by molar-refractivity contribution is 4.91. The Labute approximate surface area is 70.7 Å². The molecule has 3 heteroatoms.